The number of rotatable bonds is 4. The van der Waals surface area contributed by atoms with Crippen molar-refractivity contribution in [3.8, 4) is 0 Å². The van der Waals surface area contributed by atoms with Gasteiger partial charge in [-0.15, -0.1) is 11.6 Å². The molecule has 1 nitrogen and oxygen atoms in total. The molecule has 0 aliphatic heterocycles. The summed E-state index contributed by atoms with van der Waals surface area (Å²) < 4.78 is 1.27. The number of nitrogens with one attached hydrogen (secondary N) is 1. The highest BCUT2D eigenvalue weighted by molar-refractivity contribution is 14.1. The summed E-state index contributed by atoms with van der Waals surface area (Å²) in [7, 11) is 0. The fourth-order valence-electron chi connectivity index (χ4n) is 0.902. The van der Waals surface area contributed by atoms with Crippen molar-refractivity contribution in [1.82, 2.24) is 5.32 Å². The third kappa shape index (κ3) is 3.74. The zero-order valence-electron chi connectivity index (χ0n) is 6.69. The third-order valence-electron chi connectivity index (χ3n) is 1.51. The molecule has 0 fully saturated rings. The second kappa shape index (κ2) is 5.78. The number of alkyl halides is 1. The third-order valence-corrected chi connectivity index (χ3v) is 2.42. The first-order chi connectivity index (χ1) is 5.83. The van der Waals surface area contributed by atoms with E-state index in [9.17, 15) is 0 Å². The molecule has 0 spiro atoms. The monoisotopic (exact) mass is 295 g/mol. The maximum Gasteiger partial charge on any atom is 0.0348 e. The van der Waals surface area contributed by atoms with Crippen LogP contribution in [0.2, 0.25) is 0 Å². The van der Waals surface area contributed by atoms with E-state index in [4.69, 9.17) is 11.6 Å². The van der Waals surface area contributed by atoms with Crippen LogP contribution >= 0.6 is 34.2 Å². The number of benzene rings is 1. The van der Waals surface area contributed by atoms with Crippen LogP contribution in [-0.4, -0.2) is 12.4 Å². The summed E-state index contributed by atoms with van der Waals surface area (Å²) in [6.07, 6.45) is 0. The van der Waals surface area contributed by atoms with Gasteiger partial charge >= 0.3 is 0 Å². The predicted molar refractivity (Wildman–Crippen MR) is 61.6 cm³/mol. The number of hydrogen-bond donors (Lipinski definition) is 1. The van der Waals surface area contributed by atoms with E-state index in [0.717, 1.165) is 13.1 Å². The first kappa shape index (κ1) is 10.3. The van der Waals surface area contributed by atoms with Crippen molar-refractivity contribution >= 4 is 34.2 Å². The summed E-state index contributed by atoms with van der Waals surface area (Å²) in [5.74, 6) is 0.671. The number of halogens is 2. The van der Waals surface area contributed by atoms with Crippen molar-refractivity contribution in [3.05, 3.63) is 33.4 Å². The lowest BCUT2D eigenvalue weighted by atomic mass is 10.2. The maximum atomic E-state index is 5.53. The van der Waals surface area contributed by atoms with E-state index in [0.29, 0.717) is 5.88 Å². The molecule has 0 bridgehead atoms. The maximum absolute atomic E-state index is 5.53. The molecule has 1 rings (SSSR count). The van der Waals surface area contributed by atoms with Crippen LogP contribution in [0.4, 0.5) is 0 Å². The van der Waals surface area contributed by atoms with E-state index in [2.05, 4.69) is 52.2 Å². The molecule has 0 aliphatic carbocycles. The van der Waals surface area contributed by atoms with Crippen LogP contribution in [0.1, 0.15) is 5.56 Å². The SMILES string of the molecule is ClCCNCc1ccc(I)cc1. The molecule has 1 N–H and O–H groups in total. The van der Waals surface area contributed by atoms with Gasteiger partial charge < -0.3 is 5.32 Å². The second-order valence-electron chi connectivity index (χ2n) is 2.49. The molecular weight excluding hydrogens is 284 g/mol. The molecule has 0 amide bonds. The predicted octanol–water partition coefficient (Wildman–Crippen LogP) is 2.62. The molecule has 1 aromatic carbocycles. The van der Waals surface area contributed by atoms with Crippen molar-refractivity contribution < 1.29 is 0 Å². The highest BCUT2D eigenvalue weighted by Crippen LogP contribution is 2.06. The van der Waals surface area contributed by atoms with Gasteiger partial charge in [0, 0.05) is 22.5 Å². The molecule has 3 heteroatoms. The van der Waals surface area contributed by atoms with Gasteiger partial charge in [-0.3, -0.25) is 0 Å². The Bertz CT molecular complexity index is 222. The molecule has 0 atom stereocenters. The molecular formula is C9H11ClIN. The summed E-state index contributed by atoms with van der Waals surface area (Å²) in [5, 5.41) is 3.24. The topological polar surface area (TPSA) is 12.0 Å². The lowest BCUT2D eigenvalue weighted by Gasteiger charge is -2.01. The summed E-state index contributed by atoms with van der Waals surface area (Å²) >= 11 is 7.83. The molecule has 0 unspecified atom stereocenters. The Morgan fingerprint density at radius 3 is 2.50 bits per heavy atom. The first-order valence-corrected chi connectivity index (χ1v) is 5.45. The average Bonchev–Trinajstić information content (AvgIpc) is 2.09. The van der Waals surface area contributed by atoms with Gasteiger partial charge in [-0.05, 0) is 40.3 Å². The van der Waals surface area contributed by atoms with Crippen LogP contribution in [0, 0.1) is 3.57 Å². The normalized spacial score (nSPS) is 10.2. The van der Waals surface area contributed by atoms with Crippen molar-refractivity contribution in [2.24, 2.45) is 0 Å². The van der Waals surface area contributed by atoms with Crippen molar-refractivity contribution in [2.45, 2.75) is 6.54 Å². The van der Waals surface area contributed by atoms with Gasteiger partial charge in [-0.2, -0.15) is 0 Å². The molecule has 66 valence electrons. The van der Waals surface area contributed by atoms with Gasteiger partial charge in [0.25, 0.3) is 0 Å². The average molecular weight is 296 g/mol. The van der Waals surface area contributed by atoms with E-state index in [1.54, 1.807) is 0 Å². The van der Waals surface area contributed by atoms with Gasteiger partial charge in [0.2, 0.25) is 0 Å². The Hall–Kier alpha value is 0.200. The van der Waals surface area contributed by atoms with E-state index in [1.165, 1.54) is 9.13 Å². The van der Waals surface area contributed by atoms with Crippen LogP contribution in [0.15, 0.2) is 24.3 Å². The summed E-state index contributed by atoms with van der Waals surface area (Å²) in [4.78, 5) is 0. The minimum Gasteiger partial charge on any atom is -0.311 e. The van der Waals surface area contributed by atoms with Gasteiger partial charge in [0.05, 0.1) is 0 Å². The van der Waals surface area contributed by atoms with E-state index in [-0.39, 0.29) is 0 Å². The summed E-state index contributed by atoms with van der Waals surface area (Å²) in [6.45, 7) is 1.77. The second-order valence-corrected chi connectivity index (χ2v) is 4.12. The molecule has 0 heterocycles. The number of hydrogen-bond acceptors (Lipinski definition) is 1. The van der Waals surface area contributed by atoms with Crippen molar-refractivity contribution in [2.75, 3.05) is 12.4 Å². The van der Waals surface area contributed by atoms with Gasteiger partial charge in [-0.25, -0.2) is 0 Å². The quantitative estimate of drug-likeness (QED) is 0.511. The molecule has 1 aromatic rings. The van der Waals surface area contributed by atoms with E-state index >= 15 is 0 Å². The fraction of sp³-hybridized carbons (Fsp3) is 0.333. The fourth-order valence-corrected chi connectivity index (χ4v) is 1.40. The largest absolute Gasteiger partial charge is 0.311 e. The Kier molecular flexibility index (Phi) is 4.95. The van der Waals surface area contributed by atoms with Gasteiger partial charge in [0.15, 0.2) is 0 Å². The van der Waals surface area contributed by atoms with E-state index < -0.39 is 0 Å². The molecule has 0 saturated carbocycles. The highest BCUT2D eigenvalue weighted by atomic mass is 127. The zero-order valence-corrected chi connectivity index (χ0v) is 9.60. The Balaban J connectivity index is 2.37. The minimum atomic E-state index is 0.671. The molecule has 12 heavy (non-hydrogen) atoms. The van der Waals surface area contributed by atoms with Crippen LogP contribution in [0.3, 0.4) is 0 Å². The van der Waals surface area contributed by atoms with Crippen LogP contribution < -0.4 is 5.32 Å². The Morgan fingerprint density at radius 2 is 1.92 bits per heavy atom. The van der Waals surface area contributed by atoms with Crippen molar-refractivity contribution in [1.29, 1.82) is 0 Å². The first-order valence-electron chi connectivity index (χ1n) is 3.84. The smallest absolute Gasteiger partial charge is 0.0348 e. The van der Waals surface area contributed by atoms with Gasteiger partial charge in [-0.1, -0.05) is 12.1 Å². The van der Waals surface area contributed by atoms with Gasteiger partial charge in [0.1, 0.15) is 0 Å². The lowest BCUT2D eigenvalue weighted by Crippen LogP contribution is -2.15. The Labute approximate surface area is 91.6 Å². The highest BCUT2D eigenvalue weighted by Gasteiger charge is 1.91. The van der Waals surface area contributed by atoms with Crippen LogP contribution in [0.25, 0.3) is 0 Å². The zero-order chi connectivity index (χ0) is 8.81. The summed E-state index contributed by atoms with van der Waals surface area (Å²) in [5.41, 5.74) is 1.31. The van der Waals surface area contributed by atoms with E-state index in [1.807, 2.05) is 0 Å². The molecule has 0 saturated heterocycles. The standard InChI is InChI=1S/C9H11ClIN/c10-5-6-12-7-8-1-3-9(11)4-2-8/h1-4,12H,5-7H2. The van der Waals surface area contributed by atoms with Crippen LogP contribution in [0.5, 0.6) is 0 Å². The van der Waals surface area contributed by atoms with Crippen LogP contribution in [-0.2, 0) is 6.54 Å². The molecule has 0 radical (unpaired) electrons. The lowest BCUT2D eigenvalue weighted by molar-refractivity contribution is 0.730. The Morgan fingerprint density at radius 1 is 1.25 bits per heavy atom. The molecule has 0 aliphatic rings. The molecule has 0 aromatic heterocycles. The minimum absolute atomic E-state index is 0.671. The van der Waals surface area contributed by atoms with Crippen molar-refractivity contribution in [3.63, 3.8) is 0 Å². The summed E-state index contributed by atoms with van der Waals surface area (Å²) in [6, 6.07) is 8.47.